The molecule has 2 N–H and O–H groups in total. The van der Waals surface area contributed by atoms with E-state index in [1.165, 1.54) is 6.07 Å². The van der Waals surface area contributed by atoms with Gasteiger partial charge in [0, 0.05) is 17.7 Å². The number of hydrogen-bond acceptors (Lipinski definition) is 3. The maximum atomic E-state index is 14.0. The highest BCUT2D eigenvalue weighted by Crippen LogP contribution is 2.29. The maximum Gasteiger partial charge on any atom is 0.320 e. The minimum Gasteiger partial charge on any atom is -0.488 e. The summed E-state index contributed by atoms with van der Waals surface area (Å²) in [6.07, 6.45) is 0.533. The van der Waals surface area contributed by atoms with Crippen molar-refractivity contribution in [1.82, 2.24) is 5.32 Å². The standard InChI is InChI=1S/C24H26FNO3/c1-16(2)13-22(24(27)28)26-14-20-19-9-5-3-7-17(19)11-12-23(20)29-15-18-8-4-6-10-21(18)25/h3-12,16,22,26H,13-15H2,1-2H3,(H,27,28). The molecule has 0 heterocycles. The van der Waals surface area contributed by atoms with Crippen LogP contribution in [0.3, 0.4) is 0 Å². The molecule has 0 spiro atoms. The molecule has 3 aromatic carbocycles. The molecule has 0 bridgehead atoms. The third-order valence-electron chi connectivity index (χ3n) is 4.87. The van der Waals surface area contributed by atoms with E-state index in [1.54, 1.807) is 18.2 Å². The number of nitrogens with one attached hydrogen (secondary N) is 1. The second kappa shape index (κ2) is 9.52. The number of carbonyl (C=O) groups is 1. The van der Waals surface area contributed by atoms with Gasteiger partial charge in [-0.3, -0.25) is 4.79 Å². The first-order valence-electron chi connectivity index (χ1n) is 9.78. The van der Waals surface area contributed by atoms with Gasteiger partial charge in [0.1, 0.15) is 24.2 Å². The van der Waals surface area contributed by atoms with Crippen molar-refractivity contribution in [1.29, 1.82) is 0 Å². The summed E-state index contributed by atoms with van der Waals surface area (Å²) in [6, 6.07) is 17.6. The van der Waals surface area contributed by atoms with Crippen LogP contribution in [0.4, 0.5) is 4.39 Å². The van der Waals surface area contributed by atoms with Crippen LogP contribution < -0.4 is 10.1 Å². The highest BCUT2D eigenvalue weighted by Gasteiger charge is 2.19. The van der Waals surface area contributed by atoms with Crippen molar-refractivity contribution in [2.75, 3.05) is 0 Å². The SMILES string of the molecule is CC(C)CC(NCc1c(OCc2ccccc2F)ccc2ccccc12)C(=O)O. The van der Waals surface area contributed by atoms with Crippen molar-refractivity contribution in [2.24, 2.45) is 5.92 Å². The smallest absolute Gasteiger partial charge is 0.320 e. The van der Waals surface area contributed by atoms with Crippen molar-refractivity contribution in [2.45, 2.75) is 39.5 Å². The predicted octanol–water partition coefficient (Wildman–Crippen LogP) is 5.15. The molecular weight excluding hydrogens is 369 g/mol. The molecule has 3 aromatic rings. The maximum absolute atomic E-state index is 14.0. The number of hydrogen-bond donors (Lipinski definition) is 2. The Morgan fingerprint density at radius 3 is 2.52 bits per heavy atom. The van der Waals surface area contributed by atoms with E-state index in [0.29, 0.717) is 24.3 Å². The Hall–Kier alpha value is -2.92. The number of halogens is 1. The molecule has 0 saturated heterocycles. The van der Waals surface area contributed by atoms with Gasteiger partial charge < -0.3 is 15.2 Å². The summed E-state index contributed by atoms with van der Waals surface area (Å²) < 4.78 is 19.9. The summed E-state index contributed by atoms with van der Waals surface area (Å²) in [5, 5.41) is 14.7. The molecule has 152 valence electrons. The van der Waals surface area contributed by atoms with Crippen LogP contribution in [0.5, 0.6) is 5.75 Å². The molecule has 1 unspecified atom stereocenters. The average molecular weight is 395 g/mol. The van der Waals surface area contributed by atoms with Crippen LogP contribution in [-0.2, 0) is 17.9 Å². The molecule has 0 saturated carbocycles. The molecule has 4 nitrogen and oxygen atoms in total. The number of aliphatic carboxylic acids is 1. The van der Waals surface area contributed by atoms with Crippen LogP contribution in [-0.4, -0.2) is 17.1 Å². The van der Waals surface area contributed by atoms with E-state index in [9.17, 15) is 14.3 Å². The summed E-state index contributed by atoms with van der Waals surface area (Å²) in [4.78, 5) is 11.6. The van der Waals surface area contributed by atoms with Crippen molar-refractivity contribution in [3.05, 3.63) is 77.6 Å². The Morgan fingerprint density at radius 2 is 1.79 bits per heavy atom. The molecule has 0 aromatic heterocycles. The second-order valence-electron chi connectivity index (χ2n) is 7.54. The van der Waals surface area contributed by atoms with E-state index < -0.39 is 12.0 Å². The van der Waals surface area contributed by atoms with E-state index in [4.69, 9.17) is 4.74 Å². The molecule has 1 atom stereocenters. The summed E-state index contributed by atoms with van der Waals surface area (Å²) >= 11 is 0. The summed E-state index contributed by atoms with van der Waals surface area (Å²) in [5.74, 6) is -0.301. The number of fused-ring (bicyclic) bond motifs is 1. The first-order valence-corrected chi connectivity index (χ1v) is 9.78. The minimum absolute atomic E-state index is 0.104. The predicted molar refractivity (Wildman–Crippen MR) is 112 cm³/mol. The lowest BCUT2D eigenvalue weighted by molar-refractivity contribution is -0.140. The molecule has 0 fully saturated rings. The molecule has 0 amide bonds. The van der Waals surface area contributed by atoms with Gasteiger partial charge >= 0.3 is 5.97 Å². The monoisotopic (exact) mass is 395 g/mol. The number of rotatable bonds is 9. The highest BCUT2D eigenvalue weighted by atomic mass is 19.1. The molecule has 0 aliphatic rings. The normalized spacial score (nSPS) is 12.3. The Bertz CT molecular complexity index is 987. The lowest BCUT2D eigenvalue weighted by Gasteiger charge is -2.19. The lowest BCUT2D eigenvalue weighted by Crippen LogP contribution is -2.37. The van der Waals surface area contributed by atoms with Crippen molar-refractivity contribution >= 4 is 16.7 Å². The topological polar surface area (TPSA) is 58.6 Å². The van der Waals surface area contributed by atoms with Crippen molar-refractivity contribution < 1.29 is 19.0 Å². The van der Waals surface area contributed by atoms with Gasteiger partial charge in [-0.25, -0.2) is 4.39 Å². The van der Waals surface area contributed by atoms with E-state index in [-0.39, 0.29) is 18.3 Å². The summed E-state index contributed by atoms with van der Waals surface area (Å²) in [6.45, 7) is 4.45. The van der Waals surface area contributed by atoms with Gasteiger partial charge in [0.15, 0.2) is 0 Å². The summed E-state index contributed by atoms with van der Waals surface area (Å²) in [7, 11) is 0. The Balaban J connectivity index is 1.87. The number of carboxylic acids is 1. The van der Waals surface area contributed by atoms with Crippen LogP contribution in [0.1, 0.15) is 31.4 Å². The minimum atomic E-state index is -0.868. The van der Waals surface area contributed by atoms with Gasteiger partial charge in [0.25, 0.3) is 0 Å². The largest absolute Gasteiger partial charge is 0.488 e. The Morgan fingerprint density at radius 1 is 1.07 bits per heavy atom. The first kappa shape index (κ1) is 20.8. The third kappa shape index (κ3) is 5.33. The summed E-state index contributed by atoms with van der Waals surface area (Å²) in [5.41, 5.74) is 1.34. The Kier molecular flexibility index (Phi) is 6.83. The molecule has 0 aliphatic carbocycles. The zero-order valence-corrected chi connectivity index (χ0v) is 16.7. The zero-order chi connectivity index (χ0) is 20.8. The number of carboxylic acid groups (broad SMARTS) is 1. The molecule has 0 radical (unpaired) electrons. The number of ether oxygens (including phenoxy) is 1. The van der Waals surface area contributed by atoms with Gasteiger partial charge in [0.05, 0.1) is 0 Å². The van der Waals surface area contributed by atoms with Crippen LogP contribution >= 0.6 is 0 Å². The fourth-order valence-electron chi connectivity index (χ4n) is 3.37. The van der Waals surface area contributed by atoms with Crippen LogP contribution in [0.2, 0.25) is 0 Å². The van der Waals surface area contributed by atoms with Gasteiger partial charge in [-0.05, 0) is 35.2 Å². The molecule has 0 aliphatic heterocycles. The van der Waals surface area contributed by atoms with Crippen molar-refractivity contribution in [3.8, 4) is 5.75 Å². The van der Waals surface area contributed by atoms with Crippen LogP contribution in [0.15, 0.2) is 60.7 Å². The van der Waals surface area contributed by atoms with Gasteiger partial charge in [0.2, 0.25) is 0 Å². The van der Waals surface area contributed by atoms with Gasteiger partial charge in [-0.2, -0.15) is 0 Å². The van der Waals surface area contributed by atoms with Crippen molar-refractivity contribution in [3.63, 3.8) is 0 Å². The lowest BCUT2D eigenvalue weighted by atomic mass is 10.0. The van der Waals surface area contributed by atoms with Gasteiger partial charge in [-0.15, -0.1) is 0 Å². The van der Waals surface area contributed by atoms with E-state index in [1.807, 2.05) is 50.2 Å². The first-order chi connectivity index (χ1) is 14.0. The zero-order valence-electron chi connectivity index (χ0n) is 16.7. The molecule has 5 heteroatoms. The van der Waals surface area contributed by atoms with E-state index >= 15 is 0 Å². The highest BCUT2D eigenvalue weighted by molar-refractivity contribution is 5.87. The molecule has 3 rings (SSSR count). The fourth-order valence-corrected chi connectivity index (χ4v) is 3.37. The quantitative estimate of drug-likeness (QED) is 0.526. The van der Waals surface area contributed by atoms with E-state index in [0.717, 1.165) is 16.3 Å². The second-order valence-corrected chi connectivity index (χ2v) is 7.54. The average Bonchev–Trinajstić information content (AvgIpc) is 2.70. The number of benzene rings is 3. The van der Waals surface area contributed by atoms with E-state index in [2.05, 4.69) is 5.32 Å². The van der Waals surface area contributed by atoms with Crippen LogP contribution in [0.25, 0.3) is 10.8 Å². The molecule has 29 heavy (non-hydrogen) atoms. The fraction of sp³-hybridized carbons (Fsp3) is 0.292. The Labute approximate surface area is 170 Å². The van der Waals surface area contributed by atoms with Gasteiger partial charge in [-0.1, -0.05) is 62.4 Å². The third-order valence-corrected chi connectivity index (χ3v) is 4.87. The van der Waals surface area contributed by atoms with Crippen LogP contribution in [0, 0.1) is 11.7 Å². The molecular formula is C24H26FNO3.